The predicted molar refractivity (Wildman–Crippen MR) is 152 cm³/mol. The first kappa shape index (κ1) is 28.3. The van der Waals surface area contributed by atoms with Gasteiger partial charge in [0, 0.05) is 51.4 Å². The van der Waals surface area contributed by atoms with Crippen molar-refractivity contribution in [2.24, 2.45) is 0 Å². The zero-order valence-electron chi connectivity index (χ0n) is 22.7. The number of carbonyl (C=O) groups is 2. The van der Waals surface area contributed by atoms with Crippen LogP contribution in [0.3, 0.4) is 0 Å². The van der Waals surface area contributed by atoms with Crippen LogP contribution in [0.25, 0.3) is 11.1 Å². The van der Waals surface area contributed by atoms with Crippen molar-refractivity contribution in [1.82, 2.24) is 9.80 Å². The van der Waals surface area contributed by atoms with E-state index < -0.39 is 5.97 Å². The Balaban J connectivity index is 1.41. The lowest BCUT2D eigenvalue weighted by Gasteiger charge is -2.34. The van der Waals surface area contributed by atoms with Gasteiger partial charge in [0.15, 0.2) is 0 Å². The number of aliphatic hydroxyl groups is 1. The summed E-state index contributed by atoms with van der Waals surface area (Å²) in [6.07, 6.45) is 0.814. The number of benzene rings is 3. The van der Waals surface area contributed by atoms with Crippen LogP contribution in [-0.2, 0) is 4.74 Å². The molecule has 0 radical (unpaired) electrons. The van der Waals surface area contributed by atoms with Gasteiger partial charge in [-0.1, -0.05) is 42.5 Å². The zero-order valence-corrected chi connectivity index (χ0v) is 22.7. The first-order chi connectivity index (χ1) is 19.0. The molecule has 1 saturated heterocycles. The lowest BCUT2D eigenvalue weighted by molar-refractivity contribution is 0.0602. The molecular formula is C31H37N3O5. The van der Waals surface area contributed by atoms with Gasteiger partial charge < -0.3 is 24.8 Å². The minimum Gasteiger partial charge on any atom is -0.492 e. The topological polar surface area (TPSA) is 91.3 Å². The Morgan fingerprint density at radius 1 is 0.872 bits per heavy atom. The average Bonchev–Trinajstić information content (AvgIpc) is 2.97. The number of aryl methyl sites for hydroxylation is 1. The van der Waals surface area contributed by atoms with E-state index in [4.69, 9.17) is 14.6 Å². The number of esters is 1. The van der Waals surface area contributed by atoms with E-state index in [0.717, 1.165) is 62.4 Å². The number of aliphatic hydroxyl groups excluding tert-OH is 1. The smallest absolute Gasteiger partial charge is 0.339 e. The number of hydrogen-bond acceptors (Lipinski definition) is 7. The number of methoxy groups -OCH3 is 1. The molecular weight excluding hydrogens is 494 g/mol. The summed E-state index contributed by atoms with van der Waals surface area (Å²) in [5.41, 5.74) is 3.80. The van der Waals surface area contributed by atoms with Crippen LogP contribution in [0, 0.1) is 6.92 Å². The number of amides is 1. The second-order valence-electron chi connectivity index (χ2n) is 9.66. The van der Waals surface area contributed by atoms with E-state index in [1.165, 1.54) is 7.11 Å². The van der Waals surface area contributed by atoms with Crippen molar-refractivity contribution < 1.29 is 24.2 Å². The van der Waals surface area contributed by atoms with Crippen LogP contribution in [0.5, 0.6) is 5.75 Å². The Morgan fingerprint density at radius 2 is 1.59 bits per heavy atom. The van der Waals surface area contributed by atoms with Crippen LogP contribution in [-0.4, -0.2) is 86.4 Å². The van der Waals surface area contributed by atoms with E-state index in [1.54, 1.807) is 18.2 Å². The highest BCUT2D eigenvalue weighted by Gasteiger charge is 2.19. The molecule has 3 aromatic carbocycles. The largest absolute Gasteiger partial charge is 0.492 e. The van der Waals surface area contributed by atoms with Crippen LogP contribution < -0.4 is 10.1 Å². The SMILES string of the molecule is COC(=O)c1ccc(-c2ccccc2)cc1NC(=O)c1cc(OCCN2CCN(CCCO)CC2)ccc1C. The fourth-order valence-electron chi connectivity index (χ4n) is 4.69. The Kier molecular flexibility index (Phi) is 10.1. The molecule has 1 aliphatic heterocycles. The van der Waals surface area contributed by atoms with E-state index >= 15 is 0 Å². The van der Waals surface area contributed by atoms with Crippen molar-refractivity contribution in [3.05, 3.63) is 83.4 Å². The molecule has 0 spiro atoms. The summed E-state index contributed by atoms with van der Waals surface area (Å²) in [4.78, 5) is 30.5. The molecule has 1 heterocycles. The maximum Gasteiger partial charge on any atom is 0.339 e. The fraction of sp³-hybridized carbons (Fsp3) is 0.355. The van der Waals surface area contributed by atoms with Crippen molar-refractivity contribution in [2.45, 2.75) is 13.3 Å². The number of anilines is 1. The predicted octanol–water partition coefficient (Wildman–Crippen LogP) is 4.08. The number of nitrogens with one attached hydrogen (secondary N) is 1. The zero-order chi connectivity index (χ0) is 27.6. The molecule has 0 aliphatic carbocycles. The Morgan fingerprint density at radius 3 is 2.28 bits per heavy atom. The summed E-state index contributed by atoms with van der Waals surface area (Å²) in [6, 6.07) is 20.5. The molecule has 1 aliphatic rings. The molecule has 3 aromatic rings. The molecule has 206 valence electrons. The van der Waals surface area contributed by atoms with Gasteiger partial charge in [0.05, 0.1) is 18.4 Å². The highest BCUT2D eigenvalue weighted by Crippen LogP contribution is 2.27. The van der Waals surface area contributed by atoms with Crippen molar-refractivity contribution >= 4 is 17.6 Å². The van der Waals surface area contributed by atoms with Crippen molar-refractivity contribution in [2.75, 3.05) is 64.9 Å². The van der Waals surface area contributed by atoms with Gasteiger partial charge >= 0.3 is 5.97 Å². The summed E-state index contributed by atoms with van der Waals surface area (Å²) in [7, 11) is 1.32. The van der Waals surface area contributed by atoms with E-state index in [0.29, 0.717) is 23.6 Å². The van der Waals surface area contributed by atoms with Crippen LogP contribution >= 0.6 is 0 Å². The molecule has 0 saturated carbocycles. The van der Waals surface area contributed by atoms with Gasteiger partial charge in [0.1, 0.15) is 12.4 Å². The average molecular weight is 532 g/mol. The minimum atomic E-state index is -0.520. The first-order valence-corrected chi connectivity index (χ1v) is 13.4. The summed E-state index contributed by atoms with van der Waals surface area (Å²) in [5, 5.41) is 11.9. The van der Waals surface area contributed by atoms with Gasteiger partial charge in [-0.15, -0.1) is 0 Å². The van der Waals surface area contributed by atoms with Crippen LogP contribution in [0.2, 0.25) is 0 Å². The third-order valence-corrected chi connectivity index (χ3v) is 7.01. The Labute approximate surface area is 230 Å². The van der Waals surface area contributed by atoms with E-state index in [-0.39, 0.29) is 18.1 Å². The fourth-order valence-corrected chi connectivity index (χ4v) is 4.69. The second-order valence-corrected chi connectivity index (χ2v) is 9.66. The molecule has 8 heteroatoms. The van der Waals surface area contributed by atoms with Crippen LogP contribution in [0.1, 0.15) is 32.7 Å². The van der Waals surface area contributed by atoms with Crippen LogP contribution in [0.15, 0.2) is 66.7 Å². The van der Waals surface area contributed by atoms with Gasteiger partial charge in [-0.2, -0.15) is 0 Å². The van der Waals surface area contributed by atoms with Gasteiger partial charge in [-0.25, -0.2) is 4.79 Å². The van der Waals surface area contributed by atoms with Gasteiger partial charge in [0.2, 0.25) is 0 Å². The molecule has 0 bridgehead atoms. The van der Waals surface area contributed by atoms with Gasteiger partial charge in [-0.3, -0.25) is 9.69 Å². The molecule has 39 heavy (non-hydrogen) atoms. The first-order valence-electron chi connectivity index (χ1n) is 13.4. The highest BCUT2D eigenvalue weighted by atomic mass is 16.5. The molecule has 8 nitrogen and oxygen atoms in total. The number of rotatable bonds is 11. The lowest BCUT2D eigenvalue weighted by Crippen LogP contribution is -2.47. The third kappa shape index (κ3) is 7.66. The lowest BCUT2D eigenvalue weighted by atomic mass is 10.0. The van der Waals surface area contributed by atoms with Crippen molar-refractivity contribution in [1.29, 1.82) is 0 Å². The molecule has 0 aromatic heterocycles. The quantitative estimate of drug-likeness (QED) is 0.360. The molecule has 0 unspecified atom stereocenters. The number of nitrogens with zero attached hydrogens (tertiary/aromatic N) is 2. The maximum absolute atomic E-state index is 13.4. The van der Waals surface area contributed by atoms with E-state index in [2.05, 4.69) is 15.1 Å². The summed E-state index contributed by atoms with van der Waals surface area (Å²) in [5.74, 6) is -0.223. The standard InChI is InChI=1S/C31H37N3O5/c1-23-9-11-26(39-20-18-34-16-14-33(15-17-34)13-6-19-35)22-28(23)30(36)32-29-21-25(24-7-4-3-5-8-24)10-12-27(29)31(37)38-2/h3-5,7-12,21-22,35H,6,13-20H2,1-2H3,(H,32,36). The van der Waals surface area contributed by atoms with Gasteiger partial charge in [0.25, 0.3) is 5.91 Å². The number of hydrogen-bond donors (Lipinski definition) is 2. The Bertz CT molecular complexity index is 1260. The van der Waals surface area contributed by atoms with Gasteiger partial charge in [-0.05, 0) is 54.3 Å². The molecule has 4 rings (SSSR count). The molecule has 1 amide bonds. The Hall–Kier alpha value is -3.72. The van der Waals surface area contributed by atoms with Crippen LogP contribution in [0.4, 0.5) is 5.69 Å². The van der Waals surface area contributed by atoms with E-state index in [1.807, 2.05) is 55.5 Å². The minimum absolute atomic E-state index is 0.233. The van der Waals surface area contributed by atoms with Crippen molar-refractivity contribution in [3.63, 3.8) is 0 Å². The molecule has 2 N–H and O–H groups in total. The highest BCUT2D eigenvalue weighted by molar-refractivity contribution is 6.09. The number of piperazine rings is 1. The normalized spacial score (nSPS) is 14.1. The monoisotopic (exact) mass is 531 g/mol. The molecule has 1 fully saturated rings. The summed E-state index contributed by atoms with van der Waals surface area (Å²) < 4.78 is 11.0. The van der Waals surface area contributed by atoms with E-state index in [9.17, 15) is 9.59 Å². The molecule has 0 atom stereocenters. The van der Waals surface area contributed by atoms with Crippen molar-refractivity contribution in [3.8, 4) is 16.9 Å². The number of ether oxygens (including phenoxy) is 2. The number of carbonyl (C=O) groups excluding carboxylic acids is 2. The summed E-state index contributed by atoms with van der Waals surface area (Å²) in [6.45, 7) is 8.30. The maximum atomic E-state index is 13.4. The third-order valence-electron chi connectivity index (χ3n) is 7.01. The second kappa shape index (κ2) is 13.9. The summed E-state index contributed by atoms with van der Waals surface area (Å²) >= 11 is 0.